The van der Waals surface area contributed by atoms with Crippen LogP contribution in [0.5, 0.6) is 11.5 Å². The van der Waals surface area contributed by atoms with Crippen LogP contribution < -0.4 is 30.8 Å². The third kappa shape index (κ3) is 5.24. The third-order valence-corrected chi connectivity index (χ3v) is 12.8. The fraction of sp³-hybridized carbons (Fsp3) is 0.132. The van der Waals surface area contributed by atoms with Crippen molar-refractivity contribution in [2.75, 3.05) is 13.0 Å². The van der Waals surface area contributed by atoms with E-state index in [-0.39, 0.29) is 12.2 Å². The minimum absolute atomic E-state index is 0.0966. The maximum absolute atomic E-state index is 12.8. The number of hydrogen-bond acceptors (Lipinski definition) is 4. The monoisotopic (exact) mass is 583 g/mol. The maximum atomic E-state index is 12.8. The molecule has 0 saturated carbocycles. The summed E-state index contributed by atoms with van der Waals surface area (Å²) in [6, 6.07) is 46.6. The summed E-state index contributed by atoms with van der Waals surface area (Å²) in [5.74, 6) is 1.62. The van der Waals surface area contributed by atoms with Crippen LogP contribution in [0.2, 0.25) is 0 Å². The Hall–Kier alpha value is -4.66. The van der Waals surface area contributed by atoms with Gasteiger partial charge >= 0.3 is 0 Å². The molecule has 0 radical (unpaired) electrons. The van der Waals surface area contributed by atoms with Gasteiger partial charge in [-0.15, -0.1) is 0 Å². The Morgan fingerprint density at radius 1 is 0.628 bits per heavy atom. The topological polar surface area (TPSA) is 48.7 Å². The summed E-state index contributed by atoms with van der Waals surface area (Å²) in [4.78, 5) is 12.8. The molecule has 0 atom stereocenters. The van der Waals surface area contributed by atoms with Crippen molar-refractivity contribution in [1.82, 2.24) is 0 Å². The first-order valence-electron chi connectivity index (χ1n) is 14.7. The molecular formula is C38H32O4P+. The highest BCUT2D eigenvalue weighted by molar-refractivity contribution is 7.95. The van der Waals surface area contributed by atoms with Crippen LogP contribution in [-0.2, 0) is 6.42 Å². The molecule has 0 amide bonds. The number of benzene rings is 5. The lowest BCUT2D eigenvalue weighted by molar-refractivity contribution is 0.174. The largest absolute Gasteiger partial charge is 0.453 e. The van der Waals surface area contributed by atoms with Crippen molar-refractivity contribution in [2.45, 2.75) is 19.3 Å². The second-order valence-corrected chi connectivity index (χ2v) is 14.5. The Kier molecular flexibility index (Phi) is 7.53. The van der Waals surface area contributed by atoms with Crippen LogP contribution >= 0.6 is 7.26 Å². The van der Waals surface area contributed by atoms with Crippen LogP contribution in [0.4, 0.5) is 0 Å². The fourth-order valence-electron chi connectivity index (χ4n) is 6.12. The lowest BCUT2D eigenvalue weighted by atomic mass is 10.0. The molecule has 7 rings (SSSR count). The zero-order valence-electron chi connectivity index (χ0n) is 23.8. The van der Waals surface area contributed by atoms with Crippen LogP contribution in [0.15, 0.2) is 143 Å². The Morgan fingerprint density at radius 2 is 1.23 bits per heavy atom. The summed E-state index contributed by atoms with van der Waals surface area (Å²) < 4.78 is 17.2. The van der Waals surface area contributed by atoms with E-state index in [1.807, 2.05) is 12.1 Å². The standard InChI is InChI=1S/C38H32O4P/c39-34-26-36(42-37-33(34)23-24-35-38(37)41-27-40-35)29-21-19-28(20-22-29)12-10-11-25-43(30-13-4-1-5-14-30,31-15-6-2-7-16-31)32-17-8-3-9-18-32/h1-9,13-24,26H,10-12,25,27H2/q+1. The molecule has 5 aromatic carbocycles. The summed E-state index contributed by atoms with van der Waals surface area (Å²) in [5.41, 5.74) is 2.47. The van der Waals surface area contributed by atoms with Gasteiger partial charge in [0, 0.05) is 11.6 Å². The molecule has 1 aliphatic heterocycles. The van der Waals surface area contributed by atoms with E-state index in [1.54, 1.807) is 18.2 Å². The third-order valence-electron chi connectivity index (χ3n) is 8.27. The Morgan fingerprint density at radius 3 is 1.84 bits per heavy atom. The minimum atomic E-state index is -1.81. The van der Waals surface area contributed by atoms with Gasteiger partial charge in [-0.05, 0) is 73.4 Å². The van der Waals surface area contributed by atoms with Gasteiger partial charge in [0.2, 0.25) is 12.5 Å². The summed E-state index contributed by atoms with van der Waals surface area (Å²) in [5, 5.41) is 4.77. The highest BCUT2D eigenvalue weighted by atomic mass is 31.2. The first-order valence-corrected chi connectivity index (χ1v) is 16.7. The Labute approximate surface area is 251 Å². The molecule has 0 bridgehead atoms. The molecule has 1 aliphatic rings. The average molecular weight is 584 g/mol. The van der Waals surface area contributed by atoms with Gasteiger partial charge < -0.3 is 13.9 Å². The number of unbranched alkanes of at least 4 members (excludes halogenated alkanes) is 1. The smallest absolute Gasteiger partial charge is 0.231 e. The van der Waals surface area contributed by atoms with Crippen LogP contribution in [0, 0.1) is 0 Å². The quantitative estimate of drug-likeness (QED) is 0.131. The average Bonchev–Trinajstić information content (AvgIpc) is 3.56. The van der Waals surface area contributed by atoms with Crippen molar-refractivity contribution < 1.29 is 13.9 Å². The van der Waals surface area contributed by atoms with Gasteiger partial charge in [-0.1, -0.05) is 78.9 Å². The lowest BCUT2D eigenvalue weighted by Gasteiger charge is -2.27. The second kappa shape index (κ2) is 11.9. The van der Waals surface area contributed by atoms with Crippen molar-refractivity contribution in [3.8, 4) is 22.8 Å². The molecule has 2 heterocycles. The number of hydrogen-bond donors (Lipinski definition) is 0. The number of fused-ring (bicyclic) bond motifs is 3. The van der Waals surface area contributed by atoms with Crippen molar-refractivity contribution in [3.63, 3.8) is 0 Å². The fourth-order valence-corrected chi connectivity index (χ4v) is 10.5. The van der Waals surface area contributed by atoms with E-state index in [0.717, 1.165) is 31.0 Å². The van der Waals surface area contributed by atoms with Gasteiger partial charge in [-0.3, -0.25) is 4.79 Å². The molecule has 212 valence electrons. The van der Waals surface area contributed by atoms with Crippen molar-refractivity contribution in [3.05, 3.63) is 149 Å². The zero-order valence-corrected chi connectivity index (χ0v) is 24.7. The second-order valence-electron chi connectivity index (χ2n) is 10.8. The van der Waals surface area contributed by atoms with E-state index in [9.17, 15) is 4.79 Å². The van der Waals surface area contributed by atoms with Crippen molar-refractivity contribution >= 4 is 34.1 Å². The van der Waals surface area contributed by atoms with E-state index in [4.69, 9.17) is 13.9 Å². The molecule has 0 unspecified atom stereocenters. The molecule has 0 aliphatic carbocycles. The molecule has 0 N–H and O–H groups in total. The summed E-state index contributed by atoms with van der Waals surface area (Å²) >= 11 is 0. The normalized spacial score (nSPS) is 12.5. The highest BCUT2D eigenvalue weighted by Crippen LogP contribution is 2.56. The molecule has 0 fully saturated rings. The van der Waals surface area contributed by atoms with Gasteiger partial charge in [0.1, 0.15) is 28.9 Å². The molecule has 1 aromatic heterocycles. The van der Waals surface area contributed by atoms with Crippen LogP contribution in [0.25, 0.3) is 22.3 Å². The number of rotatable bonds is 9. The number of aryl methyl sites for hydroxylation is 1. The predicted octanol–water partition coefficient (Wildman–Crippen LogP) is 7.51. The first-order chi connectivity index (χ1) is 21.2. The van der Waals surface area contributed by atoms with Crippen LogP contribution in [0.3, 0.4) is 0 Å². The molecule has 43 heavy (non-hydrogen) atoms. The van der Waals surface area contributed by atoms with Crippen LogP contribution in [0.1, 0.15) is 18.4 Å². The zero-order chi connectivity index (χ0) is 29.1. The van der Waals surface area contributed by atoms with Crippen molar-refractivity contribution in [2.24, 2.45) is 0 Å². The van der Waals surface area contributed by atoms with Crippen LogP contribution in [-0.4, -0.2) is 13.0 Å². The molecule has 4 nitrogen and oxygen atoms in total. The van der Waals surface area contributed by atoms with Gasteiger partial charge in [-0.2, -0.15) is 0 Å². The molecular weight excluding hydrogens is 551 g/mol. The van der Waals surface area contributed by atoms with E-state index < -0.39 is 7.26 Å². The summed E-state index contributed by atoms with van der Waals surface area (Å²) in [6.45, 7) is 0.127. The summed E-state index contributed by atoms with van der Waals surface area (Å²) in [6.07, 6.45) is 4.30. The predicted molar refractivity (Wildman–Crippen MR) is 177 cm³/mol. The SMILES string of the molecule is O=c1cc(-c2ccc(CCCC[P+](c3ccccc3)(c3ccccc3)c3ccccc3)cc2)oc2c3c(ccc12)OCO3. The van der Waals surface area contributed by atoms with E-state index in [0.29, 0.717) is 28.2 Å². The molecule has 5 heteroatoms. The highest BCUT2D eigenvalue weighted by Gasteiger charge is 2.44. The number of ether oxygens (including phenoxy) is 2. The van der Waals surface area contributed by atoms with E-state index >= 15 is 0 Å². The van der Waals surface area contributed by atoms with Gasteiger partial charge in [-0.25, -0.2) is 0 Å². The van der Waals surface area contributed by atoms with Gasteiger partial charge in [0.25, 0.3) is 0 Å². The van der Waals surface area contributed by atoms with Gasteiger partial charge in [0.05, 0.1) is 11.5 Å². The molecule has 0 spiro atoms. The minimum Gasteiger partial charge on any atom is -0.453 e. The van der Waals surface area contributed by atoms with Crippen molar-refractivity contribution in [1.29, 1.82) is 0 Å². The molecule has 0 saturated heterocycles. The van der Waals surface area contributed by atoms with E-state index in [2.05, 4.69) is 103 Å². The van der Waals surface area contributed by atoms with E-state index in [1.165, 1.54) is 21.5 Å². The maximum Gasteiger partial charge on any atom is 0.231 e. The lowest BCUT2D eigenvalue weighted by Crippen LogP contribution is -2.33. The Bertz CT molecular complexity index is 1800. The molecule has 6 aromatic rings. The van der Waals surface area contributed by atoms with Gasteiger partial charge in [0.15, 0.2) is 16.8 Å². The Balaban J connectivity index is 1.11. The first kappa shape index (κ1) is 27.2. The summed E-state index contributed by atoms with van der Waals surface area (Å²) in [7, 11) is -1.81.